The van der Waals surface area contributed by atoms with E-state index in [4.69, 9.17) is 4.74 Å². The summed E-state index contributed by atoms with van der Waals surface area (Å²) in [5.74, 6) is 0.776. The van der Waals surface area contributed by atoms with Crippen LogP contribution in [0.4, 0.5) is 0 Å². The van der Waals surface area contributed by atoms with Crippen molar-refractivity contribution in [1.82, 2.24) is 9.55 Å². The Kier molecular flexibility index (Phi) is 2.77. The van der Waals surface area contributed by atoms with Gasteiger partial charge in [-0.15, -0.1) is 0 Å². The quantitative estimate of drug-likeness (QED) is 0.834. The van der Waals surface area contributed by atoms with Gasteiger partial charge in [-0.25, -0.2) is 4.98 Å². The smallest absolute Gasteiger partial charge is 0.301 e. The third-order valence-corrected chi connectivity index (χ3v) is 2.68. The summed E-state index contributed by atoms with van der Waals surface area (Å²) in [6.45, 7) is 1.99. The van der Waals surface area contributed by atoms with Crippen molar-refractivity contribution in [1.29, 1.82) is 0 Å². The van der Waals surface area contributed by atoms with Crippen LogP contribution >= 0.6 is 15.9 Å². The summed E-state index contributed by atoms with van der Waals surface area (Å²) in [6, 6.07) is 8.29. The average molecular weight is 267 g/mol. The van der Waals surface area contributed by atoms with Crippen LogP contribution in [0.3, 0.4) is 0 Å². The Morgan fingerprint density at radius 2 is 2.20 bits per heavy atom. The van der Waals surface area contributed by atoms with E-state index in [-0.39, 0.29) is 0 Å². The SMILES string of the molecule is Cc1cnc(Oc2cccc(Br)c2)n1C. The first-order valence-electron chi connectivity index (χ1n) is 4.58. The number of aryl methyl sites for hydroxylation is 1. The predicted octanol–water partition coefficient (Wildman–Crippen LogP) is 3.28. The molecule has 0 unspecified atom stereocenters. The normalized spacial score (nSPS) is 10.3. The number of ether oxygens (including phenoxy) is 1. The molecule has 0 aliphatic carbocycles. The summed E-state index contributed by atoms with van der Waals surface area (Å²) in [5.41, 5.74) is 1.07. The second-order valence-electron chi connectivity index (χ2n) is 3.30. The number of hydrogen-bond acceptors (Lipinski definition) is 2. The van der Waals surface area contributed by atoms with E-state index < -0.39 is 0 Å². The van der Waals surface area contributed by atoms with Crippen LogP contribution < -0.4 is 4.74 Å². The Labute approximate surface area is 96.8 Å². The fourth-order valence-corrected chi connectivity index (χ4v) is 1.58. The molecule has 0 spiro atoms. The highest BCUT2D eigenvalue weighted by atomic mass is 79.9. The first kappa shape index (κ1) is 10.2. The van der Waals surface area contributed by atoms with Gasteiger partial charge in [-0.05, 0) is 25.1 Å². The van der Waals surface area contributed by atoms with Gasteiger partial charge < -0.3 is 9.30 Å². The molecule has 2 aromatic rings. The second kappa shape index (κ2) is 4.06. The standard InChI is InChI=1S/C11H11BrN2O/c1-8-7-13-11(14(8)2)15-10-5-3-4-9(12)6-10/h3-7H,1-2H3. The molecule has 0 N–H and O–H groups in total. The van der Waals surface area contributed by atoms with Gasteiger partial charge in [0.2, 0.25) is 0 Å². The van der Waals surface area contributed by atoms with Crippen molar-refractivity contribution < 1.29 is 4.74 Å². The van der Waals surface area contributed by atoms with Gasteiger partial charge in [-0.1, -0.05) is 22.0 Å². The molecule has 0 fully saturated rings. The van der Waals surface area contributed by atoms with E-state index in [0.29, 0.717) is 6.01 Å². The van der Waals surface area contributed by atoms with Crippen LogP contribution in [0.25, 0.3) is 0 Å². The number of hydrogen-bond donors (Lipinski definition) is 0. The van der Waals surface area contributed by atoms with Crippen molar-refractivity contribution in [2.45, 2.75) is 6.92 Å². The van der Waals surface area contributed by atoms with Crippen LogP contribution in [0.1, 0.15) is 5.69 Å². The van der Waals surface area contributed by atoms with Gasteiger partial charge in [-0.2, -0.15) is 0 Å². The predicted molar refractivity (Wildman–Crippen MR) is 62.2 cm³/mol. The van der Waals surface area contributed by atoms with E-state index >= 15 is 0 Å². The van der Waals surface area contributed by atoms with Gasteiger partial charge in [0.05, 0.1) is 6.20 Å². The van der Waals surface area contributed by atoms with Gasteiger partial charge in [0.1, 0.15) is 5.75 Å². The van der Waals surface area contributed by atoms with Gasteiger partial charge >= 0.3 is 6.01 Å². The zero-order valence-corrected chi connectivity index (χ0v) is 10.2. The Hall–Kier alpha value is -1.29. The molecule has 0 aliphatic rings. The molecular weight excluding hydrogens is 256 g/mol. The molecule has 0 radical (unpaired) electrons. The molecule has 4 heteroatoms. The lowest BCUT2D eigenvalue weighted by Gasteiger charge is -2.05. The minimum absolute atomic E-state index is 0.602. The minimum atomic E-state index is 0.602. The number of imidazole rings is 1. The molecule has 1 aromatic carbocycles. The lowest BCUT2D eigenvalue weighted by molar-refractivity contribution is 0.423. The fourth-order valence-electron chi connectivity index (χ4n) is 1.20. The Morgan fingerprint density at radius 3 is 2.80 bits per heavy atom. The lowest BCUT2D eigenvalue weighted by Crippen LogP contribution is -1.95. The van der Waals surface area contributed by atoms with E-state index in [1.807, 2.05) is 42.8 Å². The highest BCUT2D eigenvalue weighted by molar-refractivity contribution is 9.10. The van der Waals surface area contributed by atoms with Crippen LogP contribution in [-0.2, 0) is 7.05 Å². The van der Waals surface area contributed by atoms with Crippen molar-refractivity contribution in [3.8, 4) is 11.8 Å². The molecule has 0 bridgehead atoms. The molecule has 0 atom stereocenters. The third-order valence-electron chi connectivity index (χ3n) is 2.18. The van der Waals surface area contributed by atoms with Crippen LogP contribution in [0, 0.1) is 6.92 Å². The van der Waals surface area contributed by atoms with Gasteiger partial charge in [0.25, 0.3) is 0 Å². The molecule has 1 aromatic heterocycles. The molecule has 78 valence electrons. The first-order chi connectivity index (χ1) is 7.16. The molecule has 3 nitrogen and oxygen atoms in total. The maximum atomic E-state index is 5.63. The first-order valence-corrected chi connectivity index (χ1v) is 5.38. The van der Waals surface area contributed by atoms with Gasteiger partial charge in [0, 0.05) is 17.2 Å². The molecule has 0 aliphatic heterocycles. The van der Waals surface area contributed by atoms with E-state index in [2.05, 4.69) is 20.9 Å². The number of nitrogens with zero attached hydrogens (tertiary/aromatic N) is 2. The average Bonchev–Trinajstić information content (AvgIpc) is 2.50. The Bertz CT molecular complexity index is 479. The molecule has 0 amide bonds. The summed E-state index contributed by atoms with van der Waals surface area (Å²) < 4.78 is 8.53. The maximum Gasteiger partial charge on any atom is 0.301 e. The molecular formula is C11H11BrN2O. The van der Waals surface area contributed by atoms with E-state index in [1.165, 1.54) is 0 Å². The Balaban J connectivity index is 2.26. The number of aromatic nitrogens is 2. The zero-order chi connectivity index (χ0) is 10.8. The van der Waals surface area contributed by atoms with E-state index in [9.17, 15) is 0 Å². The molecule has 15 heavy (non-hydrogen) atoms. The van der Waals surface area contributed by atoms with Crippen LogP contribution in [0.2, 0.25) is 0 Å². The maximum absolute atomic E-state index is 5.63. The van der Waals surface area contributed by atoms with Crippen LogP contribution in [0.15, 0.2) is 34.9 Å². The van der Waals surface area contributed by atoms with Crippen molar-refractivity contribution >= 4 is 15.9 Å². The highest BCUT2D eigenvalue weighted by Crippen LogP contribution is 2.23. The zero-order valence-electron chi connectivity index (χ0n) is 8.57. The highest BCUT2D eigenvalue weighted by Gasteiger charge is 2.05. The summed E-state index contributed by atoms with van der Waals surface area (Å²) >= 11 is 3.39. The van der Waals surface area contributed by atoms with Gasteiger partial charge in [0.15, 0.2) is 0 Å². The van der Waals surface area contributed by atoms with Crippen LogP contribution in [0.5, 0.6) is 11.8 Å². The number of rotatable bonds is 2. The van der Waals surface area contributed by atoms with Crippen molar-refractivity contribution in [2.75, 3.05) is 0 Å². The monoisotopic (exact) mass is 266 g/mol. The van der Waals surface area contributed by atoms with Gasteiger partial charge in [-0.3, -0.25) is 0 Å². The lowest BCUT2D eigenvalue weighted by atomic mass is 10.3. The molecule has 0 saturated carbocycles. The summed E-state index contributed by atoms with van der Waals surface area (Å²) in [6.07, 6.45) is 1.79. The Morgan fingerprint density at radius 1 is 1.40 bits per heavy atom. The number of halogens is 1. The molecule has 0 saturated heterocycles. The fraction of sp³-hybridized carbons (Fsp3) is 0.182. The van der Waals surface area contributed by atoms with E-state index in [1.54, 1.807) is 6.20 Å². The van der Waals surface area contributed by atoms with Crippen molar-refractivity contribution in [3.63, 3.8) is 0 Å². The summed E-state index contributed by atoms with van der Waals surface area (Å²) in [7, 11) is 1.93. The van der Waals surface area contributed by atoms with Crippen molar-refractivity contribution in [3.05, 3.63) is 40.6 Å². The topological polar surface area (TPSA) is 27.1 Å². The molecule has 1 heterocycles. The van der Waals surface area contributed by atoms with Crippen LogP contribution in [-0.4, -0.2) is 9.55 Å². The largest absolute Gasteiger partial charge is 0.425 e. The summed E-state index contributed by atoms with van der Waals surface area (Å²) in [4.78, 5) is 4.17. The van der Waals surface area contributed by atoms with Crippen molar-refractivity contribution in [2.24, 2.45) is 7.05 Å². The van der Waals surface area contributed by atoms with E-state index in [0.717, 1.165) is 15.9 Å². The third kappa shape index (κ3) is 2.21. The molecule has 2 rings (SSSR count). The number of benzene rings is 1. The minimum Gasteiger partial charge on any atom is -0.425 e. The second-order valence-corrected chi connectivity index (χ2v) is 4.22. The summed E-state index contributed by atoms with van der Waals surface area (Å²) in [5, 5.41) is 0.